The summed E-state index contributed by atoms with van der Waals surface area (Å²) < 4.78 is 2.17. The van der Waals surface area contributed by atoms with Crippen molar-refractivity contribution in [1.29, 1.82) is 0 Å². The van der Waals surface area contributed by atoms with Gasteiger partial charge in [0.2, 0.25) is 5.43 Å². The van der Waals surface area contributed by atoms with Gasteiger partial charge in [0, 0.05) is 38.1 Å². The fraction of sp³-hybridized carbons (Fsp3) is 0.368. The van der Waals surface area contributed by atoms with Crippen LogP contribution >= 0.6 is 0 Å². The average molecular weight is 351 g/mol. The van der Waals surface area contributed by atoms with E-state index in [0.29, 0.717) is 23.4 Å². The number of benzene rings is 1. The van der Waals surface area contributed by atoms with Crippen LogP contribution in [-0.4, -0.2) is 44.1 Å². The van der Waals surface area contributed by atoms with Crippen LogP contribution in [0.25, 0.3) is 10.9 Å². The molecule has 1 aromatic carbocycles. The lowest BCUT2D eigenvalue weighted by Gasteiger charge is -2.27. The number of fused-ring (bicyclic) bond motifs is 2. The van der Waals surface area contributed by atoms with E-state index in [4.69, 9.17) is 0 Å². The molecule has 0 aliphatic carbocycles. The highest BCUT2D eigenvalue weighted by Crippen LogP contribution is 2.21. The number of H-pyrrole nitrogens is 1. The van der Waals surface area contributed by atoms with Gasteiger partial charge < -0.3 is 9.47 Å². The van der Waals surface area contributed by atoms with Crippen molar-refractivity contribution in [1.82, 2.24) is 24.6 Å². The second-order valence-electron chi connectivity index (χ2n) is 6.99. The zero-order chi connectivity index (χ0) is 18.3. The second kappa shape index (κ2) is 6.40. The molecule has 0 saturated carbocycles. The van der Waals surface area contributed by atoms with Crippen LogP contribution < -0.4 is 5.43 Å². The van der Waals surface area contributed by atoms with E-state index in [1.807, 2.05) is 13.0 Å². The first kappa shape index (κ1) is 16.5. The number of hydrogen-bond acceptors (Lipinski definition) is 4. The Morgan fingerprint density at radius 3 is 3.04 bits per heavy atom. The maximum Gasteiger partial charge on any atom is 0.278 e. The van der Waals surface area contributed by atoms with E-state index in [1.54, 1.807) is 30.1 Å². The number of nitrogens with one attached hydrogen (secondary N) is 1. The van der Waals surface area contributed by atoms with Gasteiger partial charge in [0.1, 0.15) is 5.82 Å². The molecule has 3 aromatic rings. The van der Waals surface area contributed by atoms with Crippen LogP contribution in [0.3, 0.4) is 0 Å². The molecule has 1 amide bonds. The molecule has 2 aromatic heterocycles. The van der Waals surface area contributed by atoms with E-state index in [1.165, 1.54) is 0 Å². The van der Waals surface area contributed by atoms with Crippen LogP contribution in [0.1, 0.15) is 28.4 Å². The predicted octanol–water partition coefficient (Wildman–Crippen LogP) is 1.76. The van der Waals surface area contributed by atoms with Crippen molar-refractivity contribution in [3.8, 4) is 0 Å². The lowest BCUT2D eigenvalue weighted by molar-refractivity contribution is 0.0752. The minimum absolute atomic E-state index is 0.0545. The molecule has 0 saturated heterocycles. The van der Waals surface area contributed by atoms with E-state index in [9.17, 15) is 9.59 Å². The van der Waals surface area contributed by atoms with Gasteiger partial charge in [-0.2, -0.15) is 5.10 Å². The molecule has 1 N–H and O–H groups in total. The highest BCUT2D eigenvalue weighted by Gasteiger charge is 2.25. The topological polar surface area (TPSA) is 83.9 Å². The lowest BCUT2D eigenvalue weighted by atomic mass is 9.99. The summed E-state index contributed by atoms with van der Waals surface area (Å²) in [5.74, 6) is 1.11. The zero-order valence-electron chi connectivity index (χ0n) is 14.9. The number of hydrogen-bond donors (Lipinski definition) is 1. The Bertz CT molecular complexity index is 1040. The number of para-hydroxylation sites is 1. The molecule has 0 bridgehead atoms. The minimum atomic E-state index is -0.343. The van der Waals surface area contributed by atoms with Crippen LogP contribution in [0.4, 0.5) is 0 Å². The Hall–Kier alpha value is -2.96. The van der Waals surface area contributed by atoms with Gasteiger partial charge in [0.05, 0.1) is 11.2 Å². The Morgan fingerprint density at radius 1 is 1.38 bits per heavy atom. The standard InChI is InChI=1S/C19H21N5O2/c1-12-9-24-11-13(7-8-16(24)20-12)10-23(2)19(26)17-18(25)14-5-3-4-6-15(14)21-22-17/h3-6,9,13H,7-8,10-11H2,1-2H3,(H,21,25). The van der Waals surface area contributed by atoms with E-state index in [-0.39, 0.29) is 17.0 Å². The van der Waals surface area contributed by atoms with Crippen LogP contribution in [-0.2, 0) is 13.0 Å². The fourth-order valence-electron chi connectivity index (χ4n) is 3.68. The van der Waals surface area contributed by atoms with Gasteiger partial charge >= 0.3 is 0 Å². The monoisotopic (exact) mass is 351 g/mol. The van der Waals surface area contributed by atoms with Crippen molar-refractivity contribution >= 4 is 16.8 Å². The van der Waals surface area contributed by atoms with Gasteiger partial charge in [-0.3, -0.25) is 14.7 Å². The quantitative estimate of drug-likeness (QED) is 0.779. The van der Waals surface area contributed by atoms with Crippen molar-refractivity contribution in [3.05, 3.63) is 57.9 Å². The summed E-state index contributed by atoms with van der Waals surface area (Å²) in [5, 5.41) is 7.30. The van der Waals surface area contributed by atoms with E-state index >= 15 is 0 Å². The lowest BCUT2D eigenvalue weighted by Crippen LogP contribution is -2.38. The molecule has 1 aliphatic rings. The number of nitrogens with zero attached hydrogens (tertiary/aromatic N) is 4. The Balaban J connectivity index is 1.52. The summed E-state index contributed by atoms with van der Waals surface area (Å²) in [6.45, 7) is 3.42. The van der Waals surface area contributed by atoms with E-state index in [2.05, 4.69) is 25.9 Å². The third kappa shape index (κ3) is 2.89. The number of aryl methyl sites for hydroxylation is 2. The Morgan fingerprint density at radius 2 is 2.19 bits per heavy atom. The minimum Gasteiger partial charge on any atom is -0.340 e. The number of carbonyl (C=O) groups is 1. The molecule has 4 rings (SSSR count). The van der Waals surface area contributed by atoms with Gasteiger partial charge in [0.25, 0.3) is 5.91 Å². The second-order valence-corrected chi connectivity index (χ2v) is 6.99. The van der Waals surface area contributed by atoms with Gasteiger partial charge in [-0.15, -0.1) is 0 Å². The first-order valence-corrected chi connectivity index (χ1v) is 8.78. The van der Waals surface area contributed by atoms with Crippen LogP contribution in [0.15, 0.2) is 35.3 Å². The predicted molar refractivity (Wildman–Crippen MR) is 98.1 cm³/mol. The average Bonchev–Trinajstić information content (AvgIpc) is 3.01. The highest BCUT2D eigenvalue weighted by molar-refractivity contribution is 5.95. The molecule has 0 spiro atoms. The summed E-state index contributed by atoms with van der Waals surface area (Å²) in [6, 6.07) is 7.08. The molecule has 26 heavy (non-hydrogen) atoms. The Labute approximate surface area is 150 Å². The van der Waals surface area contributed by atoms with Crippen molar-refractivity contribution in [3.63, 3.8) is 0 Å². The summed E-state index contributed by atoms with van der Waals surface area (Å²) in [7, 11) is 1.73. The van der Waals surface area contributed by atoms with Crippen molar-refractivity contribution in [2.75, 3.05) is 13.6 Å². The summed E-state index contributed by atoms with van der Waals surface area (Å²) in [5.41, 5.74) is 1.28. The molecule has 134 valence electrons. The maximum atomic E-state index is 12.8. The number of aromatic nitrogens is 4. The van der Waals surface area contributed by atoms with Crippen molar-refractivity contribution < 1.29 is 4.79 Å². The molecule has 0 fully saturated rings. The van der Waals surface area contributed by atoms with Crippen LogP contribution in [0.2, 0.25) is 0 Å². The Kier molecular flexibility index (Phi) is 4.06. The molecule has 1 aliphatic heterocycles. The van der Waals surface area contributed by atoms with Crippen LogP contribution in [0, 0.1) is 12.8 Å². The first-order chi connectivity index (χ1) is 12.5. The first-order valence-electron chi connectivity index (χ1n) is 8.78. The third-order valence-corrected chi connectivity index (χ3v) is 4.97. The molecule has 7 nitrogen and oxygen atoms in total. The van der Waals surface area contributed by atoms with Gasteiger partial charge in [-0.25, -0.2) is 4.98 Å². The number of imidazole rings is 1. The number of aromatic amines is 1. The molecular weight excluding hydrogens is 330 g/mol. The van der Waals surface area contributed by atoms with E-state index < -0.39 is 0 Å². The smallest absolute Gasteiger partial charge is 0.278 e. The molecule has 7 heteroatoms. The number of amides is 1. The van der Waals surface area contributed by atoms with E-state index in [0.717, 1.165) is 30.9 Å². The van der Waals surface area contributed by atoms with Crippen molar-refractivity contribution in [2.45, 2.75) is 26.3 Å². The highest BCUT2D eigenvalue weighted by atomic mass is 16.2. The molecule has 1 unspecified atom stereocenters. The fourth-order valence-corrected chi connectivity index (χ4v) is 3.68. The van der Waals surface area contributed by atoms with Gasteiger partial charge in [-0.05, 0) is 31.4 Å². The van der Waals surface area contributed by atoms with Gasteiger partial charge in [0.15, 0.2) is 5.69 Å². The number of carbonyl (C=O) groups excluding carboxylic acids is 1. The SMILES string of the molecule is Cc1cn2c(n1)CCC(CN(C)C(=O)c1n[nH]c3ccccc3c1=O)C2. The molecule has 0 radical (unpaired) electrons. The largest absolute Gasteiger partial charge is 0.340 e. The maximum absolute atomic E-state index is 12.8. The normalized spacial score (nSPS) is 16.5. The number of rotatable bonds is 3. The summed E-state index contributed by atoms with van der Waals surface area (Å²) in [4.78, 5) is 31.5. The molecular formula is C19H21N5O2. The molecule has 1 atom stereocenters. The molecule has 3 heterocycles. The third-order valence-electron chi connectivity index (χ3n) is 4.97. The summed E-state index contributed by atoms with van der Waals surface area (Å²) >= 11 is 0. The van der Waals surface area contributed by atoms with Crippen LogP contribution in [0.5, 0.6) is 0 Å². The van der Waals surface area contributed by atoms with Gasteiger partial charge in [-0.1, -0.05) is 12.1 Å². The zero-order valence-corrected chi connectivity index (χ0v) is 14.9. The summed E-state index contributed by atoms with van der Waals surface area (Å²) in [6.07, 6.45) is 3.95. The van der Waals surface area contributed by atoms with Crippen molar-refractivity contribution in [2.24, 2.45) is 5.92 Å².